The van der Waals surface area contributed by atoms with Gasteiger partial charge >= 0.3 is 5.97 Å². The van der Waals surface area contributed by atoms with E-state index in [9.17, 15) is 9.59 Å². The van der Waals surface area contributed by atoms with Crippen LogP contribution in [0.3, 0.4) is 0 Å². The molecule has 0 spiro atoms. The molecule has 0 aliphatic carbocycles. The van der Waals surface area contributed by atoms with Gasteiger partial charge in [-0.3, -0.25) is 14.5 Å². The summed E-state index contributed by atoms with van der Waals surface area (Å²) in [6, 6.07) is 0. The average molecular weight is 239 g/mol. The molecule has 8 nitrogen and oxygen atoms in total. The van der Waals surface area contributed by atoms with Gasteiger partial charge in [-0.2, -0.15) is 4.80 Å². The lowest BCUT2D eigenvalue weighted by atomic mass is 10.1. The molecule has 1 saturated heterocycles. The molecule has 17 heavy (non-hydrogen) atoms. The highest BCUT2D eigenvalue weighted by Crippen LogP contribution is 2.22. The first kappa shape index (κ1) is 11.5. The zero-order chi connectivity index (χ0) is 12.4. The summed E-state index contributed by atoms with van der Waals surface area (Å²) >= 11 is 0. The SMILES string of the molecule is CCn1nnc(N2C[C@H](C(=O)OC)CC2=O)n1. The van der Waals surface area contributed by atoms with Crippen LogP contribution in [0.25, 0.3) is 0 Å². The Labute approximate surface area is 97.5 Å². The van der Waals surface area contributed by atoms with E-state index in [4.69, 9.17) is 0 Å². The van der Waals surface area contributed by atoms with Gasteiger partial charge < -0.3 is 4.74 Å². The quantitative estimate of drug-likeness (QED) is 0.643. The van der Waals surface area contributed by atoms with Crippen molar-refractivity contribution < 1.29 is 14.3 Å². The van der Waals surface area contributed by atoms with Crippen molar-refractivity contribution in [3.63, 3.8) is 0 Å². The molecule has 1 aliphatic heterocycles. The number of carbonyl (C=O) groups excluding carboxylic acids is 2. The van der Waals surface area contributed by atoms with Crippen molar-refractivity contribution in [1.82, 2.24) is 20.2 Å². The summed E-state index contributed by atoms with van der Waals surface area (Å²) in [5.74, 6) is -0.774. The Kier molecular flexibility index (Phi) is 3.03. The smallest absolute Gasteiger partial charge is 0.311 e. The lowest BCUT2D eigenvalue weighted by Gasteiger charge is -2.10. The monoisotopic (exact) mass is 239 g/mol. The first-order valence-electron chi connectivity index (χ1n) is 5.31. The Morgan fingerprint density at radius 2 is 2.35 bits per heavy atom. The van der Waals surface area contributed by atoms with Gasteiger partial charge in [-0.05, 0) is 12.1 Å². The molecule has 0 bridgehead atoms. The van der Waals surface area contributed by atoms with Crippen LogP contribution in [0.4, 0.5) is 5.95 Å². The molecule has 1 atom stereocenters. The van der Waals surface area contributed by atoms with E-state index in [1.165, 1.54) is 16.8 Å². The van der Waals surface area contributed by atoms with Gasteiger partial charge in [0.15, 0.2) is 0 Å². The molecule has 1 aromatic heterocycles. The Morgan fingerprint density at radius 1 is 1.59 bits per heavy atom. The average Bonchev–Trinajstić information content (AvgIpc) is 2.93. The third kappa shape index (κ3) is 2.10. The summed E-state index contributed by atoms with van der Waals surface area (Å²) in [5.41, 5.74) is 0. The van der Waals surface area contributed by atoms with Gasteiger partial charge in [-0.1, -0.05) is 5.10 Å². The predicted octanol–water partition coefficient (Wildman–Crippen LogP) is -0.781. The van der Waals surface area contributed by atoms with Crippen molar-refractivity contribution in [3.05, 3.63) is 0 Å². The van der Waals surface area contributed by atoms with Crippen molar-refractivity contribution in [2.24, 2.45) is 5.92 Å². The number of amides is 1. The maximum Gasteiger partial charge on any atom is 0.311 e. The fraction of sp³-hybridized carbons (Fsp3) is 0.667. The van der Waals surface area contributed by atoms with Crippen molar-refractivity contribution in [3.8, 4) is 0 Å². The molecular weight excluding hydrogens is 226 g/mol. The number of nitrogens with zero attached hydrogens (tertiary/aromatic N) is 5. The molecule has 0 N–H and O–H groups in total. The van der Waals surface area contributed by atoms with Crippen LogP contribution in [0.1, 0.15) is 13.3 Å². The first-order valence-corrected chi connectivity index (χ1v) is 5.31. The Hall–Kier alpha value is -1.99. The summed E-state index contributed by atoms with van der Waals surface area (Å²) < 4.78 is 4.61. The Bertz CT molecular complexity index is 444. The second kappa shape index (κ2) is 4.48. The number of ether oxygens (including phenoxy) is 1. The molecule has 0 aromatic carbocycles. The molecular formula is C9H13N5O3. The number of tetrazole rings is 1. The molecule has 1 aliphatic rings. The van der Waals surface area contributed by atoms with Gasteiger partial charge in [-0.15, -0.1) is 5.10 Å². The van der Waals surface area contributed by atoms with Crippen LogP contribution in [-0.2, 0) is 20.9 Å². The van der Waals surface area contributed by atoms with E-state index in [0.29, 0.717) is 6.54 Å². The second-order valence-electron chi connectivity index (χ2n) is 3.71. The van der Waals surface area contributed by atoms with E-state index >= 15 is 0 Å². The maximum atomic E-state index is 11.7. The van der Waals surface area contributed by atoms with Crippen LogP contribution in [0.15, 0.2) is 0 Å². The fourth-order valence-corrected chi connectivity index (χ4v) is 1.70. The highest BCUT2D eigenvalue weighted by molar-refractivity contribution is 5.98. The Balaban J connectivity index is 2.12. The largest absolute Gasteiger partial charge is 0.469 e. The van der Waals surface area contributed by atoms with Crippen molar-refractivity contribution in [2.75, 3.05) is 18.6 Å². The molecule has 2 rings (SSSR count). The number of methoxy groups -OCH3 is 1. The normalized spacial score (nSPS) is 19.8. The zero-order valence-corrected chi connectivity index (χ0v) is 9.66. The molecule has 0 radical (unpaired) electrons. The molecule has 8 heteroatoms. The molecule has 2 heterocycles. The number of hydrogen-bond acceptors (Lipinski definition) is 6. The summed E-state index contributed by atoms with van der Waals surface area (Å²) in [4.78, 5) is 25.8. The number of carbonyl (C=O) groups is 2. The van der Waals surface area contributed by atoms with E-state index in [2.05, 4.69) is 20.1 Å². The number of rotatable bonds is 3. The highest BCUT2D eigenvalue weighted by Gasteiger charge is 2.37. The standard InChI is InChI=1S/C9H13N5O3/c1-3-14-11-9(10-12-14)13-5-6(4-7(13)15)8(16)17-2/h6H,3-5H2,1-2H3/t6-/m1/s1. The van der Waals surface area contributed by atoms with Crippen molar-refractivity contribution in [1.29, 1.82) is 0 Å². The molecule has 0 saturated carbocycles. The van der Waals surface area contributed by atoms with Crippen LogP contribution in [0.2, 0.25) is 0 Å². The van der Waals surface area contributed by atoms with E-state index in [1.54, 1.807) is 0 Å². The minimum Gasteiger partial charge on any atom is -0.469 e. The van der Waals surface area contributed by atoms with Crippen LogP contribution in [0, 0.1) is 5.92 Å². The number of aromatic nitrogens is 4. The van der Waals surface area contributed by atoms with Crippen LogP contribution in [0.5, 0.6) is 0 Å². The van der Waals surface area contributed by atoms with Crippen molar-refractivity contribution >= 4 is 17.8 Å². The minimum atomic E-state index is -0.443. The molecule has 0 unspecified atom stereocenters. The van der Waals surface area contributed by atoms with E-state index in [0.717, 1.165) is 0 Å². The third-order valence-electron chi connectivity index (χ3n) is 2.63. The van der Waals surface area contributed by atoms with Gasteiger partial charge in [0.05, 0.1) is 19.6 Å². The molecule has 1 fully saturated rings. The van der Waals surface area contributed by atoms with Crippen LogP contribution in [-0.4, -0.2) is 45.7 Å². The number of anilines is 1. The van der Waals surface area contributed by atoms with Gasteiger partial charge in [-0.25, -0.2) is 0 Å². The second-order valence-corrected chi connectivity index (χ2v) is 3.71. The van der Waals surface area contributed by atoms with E-state index in [1.807, 2.05) is 6.92 Å². The number of hydrogen-bond donors (Lipinski definition) is 0. The molecule has 1 aromatic rings. The van der Waals surface area contributed by atoms with Gasteiger partial charge in [0.25, 0.3) is 5.95 Å². The van der Waals surface area contributed by atoms with E-state index < -0.39 is 5.92 Å². The zero-order valence-electron chi connectivity index (χ0n) is 9.66. The number of aryl methyl sites for hydroxylation is 1. The van der Waals surface area contributed by atoms with Gasteiger partial charge in [0, 0.05) is 13.0 Å². The fourth-order valence-electron chi connectivity index (χ4n) is 1.70. The summed E-state index contributed by atoms with van der Waals surface area (Å²) in [6.07, 6.45) is 0.132. The minimum absolute atomic E-state index is 0.132. The summed E-state index contributed by atoms with van der Waals surface area (Å²) in [5, 5.41) is 11.6. The molecule has 1 amide bonds. The lowest BCUT2D eigenvalue weighted by Crippen LogP contribution is -2.27. The summed E-state index contributed by atoms with van der Waals surface area (Å²) in [7, 11) is 1.31. The van der Waals surface area contributed by atoms with Crippen LogP contribution < -0.4 is 4.90 Å². The number of esters is 1. The van der Waals surface area contributed by atoms with Crippen molar-refractivity contribution in [2.45, 2.75) is 19.9 Å². The molecule has 92 valence electrons. The predicted molar refractivity (Wildman–Crippen MR) is 56.0 cm³/mol. The first-order chi connectivity index (χ1) is 8.15. The highest BCUT2D eigenvalue weighted by atomic mass is 16.5. The van der Waals surface area contributed by atoms with Crippen LogP contribution >= 0.6 is 0 Å². The Morgan fingerprint density at radius 3 is 2.94 bits per heavy atom. The lowest BCUT2D eigenvalue weighted by molar-refractivity contribution is -0.145. The topological polar surface area (TPSA) is 90.2 Å². The summed E-state index contributed by atoms with van der Waals surface area (Å²) in [6.45, 7) is 2.70. The van der Waals surface area contributed by atoms with E-state index in [-0.39, 0.29) is 30.8 Å². The maximum absolute atomic E-state index is 11.7. The van der Waals surface area contributed by atoms with Gasteiger partial charge in [0.1, 0.15) is 0 Å². The third-order valence-corrected chi connectivity index (χ3v) is 2.63. The van der Waals surface area contributed by atoms with Gasteiger partial charge in [0.2, 0.25) is 5.91 Å².